The van der Waals surface area contributed by atoms with Gasteiger partial charge in [-0.25, -0.2) is 4.79 Å². The molecule has 7 heteroatoms. The van der Waals surface area contributed by atoms with E-state index in [4.69, 9.17) is 16.3 Å². The van der Waals surface area contributed by atoms with Gasteiger partial charge >= 0.3 is 5.97 Å². The lowest BCUT2D eigenvalue weighted by Gasteiger charge is -2.10. The van der Waals surface area contributed by atoms with E-state index in [1.807, 2.05) is 0 Å². The number of hydrogen-bond donors (Lipinski definition) is 2. The Hall–Kier alpha value is -2.31. The van der Waals surface area contributed by atoms with Crippen LogP contribution in [0.1, 0.15) is 44.1 Å². The van der Waals surface area contributed by atoms with Crippen LogP contribution >= 0.6 is 27.5 Å². The maximum absolute atomic E-state index is 12.2. The highest BCUT2D eigenvalue weighted by Gasteiger charge is 2.17. The molecule has 0 spiro atoms. The highest BCUT2D eigenvalue weighted by atomic mass is 79.9. The van der Waals surface area contributed by atoms with Crippen molar-refractivity contribution in [2.45, 2.75) is 38.5 Å². The fourth-order valence-corrected chi connectivity index (χ4v) is 4.25. The van der Waals surface area contributed by atoms with Crippen molar-refractivity contribution in [3.63, 3.8) is 0 Å². The van der Waals surface area contributed by atoms with Crippen LogP contribution in [0.15, 0.2) is 52.6 Å². The largest absolute Gasteiger partial charge is 0.477 e. The molecule has 3 rings (SSSR count). The van der Waals surface area contributed by atoms with Crippen LogP contribution in [0.25, 0.3) is 6.08 Å². The van der Waals surface area contributed by atoms with Crippen LogP contribution in [0.4, 0.5) is 0 Å². The van der Waals surface area contributed by atoms with Crippen molar-refractivity contribution in [3.05, 3.63) is 63.2 Å². The zero-order chi connectivity index (χ0) is 21.5. The molecule has 2 aromatic carbocycles. The highest BCUT2D eigenvalue weighted by Crippen LogP contribution is 2.32. The van der Waals surface area contributed by atoms with Gasteiger partial charge in [-0.2, -0.15) is 0 Å². The van der Waals surface area contributed by atoms with E-state index in [0.717, 1.165) is 23.7 Å². The predicted molar refractivity (Wildman–Crippen MR) is 121 cm³/mol. The molecule has 1 aliphatic carbocycles. The lowest BCUT2D eigenvalue weighted by Crippen LogP contribution is -2.27. The number of hydrogen-bond acceptors (Lipinski definition) is 3. The van der Waals surface area contributed by atoms with E-state index in [2.05, 4.69) is 21.2 Å². The molecule has 0 aromatic heterocycles. The van der Waals surface area contributed by atoms with Gasteiger partial charge in [0.1, 0.15) is 17.2 Å². The summed E-state index contributed by atoms with van der Waals surface area (Å²) in [6.07, 6.45) is 7.37. The van der Waals surface area contributed by atoms with Crippen LogP contribution in [0.5, 0.6) is 11.5 Å². The van der Waals surface area contributed by atoms with Gasteiger partial charge in [-0.1, -0.05) is 49.4 Å². The van der Waals surface area contributed by atoms with E-state index in [0.29, 0.717) is 34.4 Å². The Balaban J connectivity index is 1.62. The monoisotopic (exact) mass is 491 g/mol. The molecule has 0 unspecified atom stereocenters. The number of aliphatic carboxylic acids is 1. The molecule has 1 amide bonds. The molecule has 0 heterocycles. The Morgan fingerprint density at radius 1 is 1.17 bits per heavy atom. The summed E-state index contributed by atoms with van der Waals surface area (Å²) < 4.78 is 6.53. The molecule has 1 aliphatic rings. The van der Waals surface area contributed by atoms with Crippen LogP contribution in [0, 0.1) is 5.92 Å². The van der Waals surface area contributed by atoms with Gasteiger partial charge in [-0.05, 0) is 70.2 Å². The fraction of sp³-hybridized carbons (Fsp3) is 0.304. The summed E-state index contributed by atoms with van der Waals surface area (Å²) in [6, 6.07) is 12.1. The second-order valence-corrected chi connectivity index (χ2v) is 8.64. The molecular weight excluding hydrogens is 470 g/mol. The third kappa shape index (κ3) is 6.61. The van der Waals surface area contributed by atoms with E-state index in [-0.39, 0.29) is 11.6 Å². The Morgan fingerprint density at radius 3 is 2.50 bits per heavy atom. The molecule has 158 valence electrons. The molecule has 5 nitrogen and oxygen atoms in total. The van der Waals surface area contributed by atoms with Crippen molar-refractivity contribution >= 4 is 45.5 Å². The maximum atomic E-state index is 12.2. The molecule has 2 aromatic rings. The van der Waals surface area contributed by atoms with Crippen molar-refractivity contribution in [2.75, 3.05) is 0 Å². The van der Waals surface area contributed by atoms with Crippen molar-refractivity contribution in [1.29, 1.82) is 0 Å². The number of carbonyl (C=O) groups is 2. The number of carboxylic acid groups (broad SMARTS) is 1. The van der Waals surface area contributed by atoms with E-state index in [1.54, 1.807) is 42.5 Å². The number of nitrogens with one attached hydrogen (secondary N) is 1. The summed E-state index contributed by atoms with van der Waals surface area (Å²) in [5, 5.41) is 12.6. The van der Waals surface area contributed by atoms with Crippen LogP contribution < -0.4 is 10.1 Å². The first kappa shape index (κ1) is 22.4. The standard InChI is InChI=1S/C23H23BrClNO4/c24-19-14-17(25)8-11-21(19)30-18-9-5-16(6-10-18)13-20(23(28)29)26-22(27)12-7-15-3-1-2-4-15/h5-6,8-11,13-15H,1-4,7,12H2,(H,26,27)(H,28,29)/b20-13+. The first-order valence-corrected chi connectivity index (χ1v) is 11.1. The smallest absolute Gasteiger partial charge is 0.352 e. The zero-order valence-electron chi connectivity index (χ0n) is 16.4. The minimum absolute atomic E-state index is 0.138. The van der Waals surface area contributed by atoms with E-state index < -0.39 is 5.97 Å². The molecule has 0 aliphatic heterocycles. The molecule has 0 atom stereocenters. The topological polar surface area (TPSA) is 75.6 Å². The number of benzene rings is 2. The second kappa shape index (κ2) is 10.6. The van der Waals surface area contributed by atoms with Gasteiger partial charge < -0.3 is 15.2 Å². The van der Waals surface area contributed by atoms with Crippen molar-refractivity contribution in [1.82, 2.24) is 5.32 Å². The summed E-state index contributed by atoms with van der Waals surface area (Å²) in [6.45, 7) is 0. The number of halogens is 2. The summed E-state index contributed by atoms with van der Waals surface area (Å²) in [5.74, 6) is 0.357. The minimum Gasteiger partial charge on any atom is -0.477 e. The molecule has 2 N–H and O–H groups in total. The van der Waals surface area contributed by atoms with Crippen molar-refractivity contribution in [3.8, 4) is 11.5 Å². The summed E-state index contributed by atoms with van der Waals surface area (Å²) >= 11 is 9.33. The first-order valence-electron chi connectivity index (χ1n) is 9.88. The third-order valence-electron chi connectivity index (χ3n) is 5.07. The maximum Gasteiger partial charge on any atom is 0.352 e. The highest BCUT2D eigenvalue weighted by molar-refractivity contribution is 9.10. The molecule has 0 bridgehead atoms. The quantitative estimate of drug-likeness (QED) is 0.418. The van der Waals surface area contributed by atoms with Gasteiger partial charge in [-0.15, -0.1) is 0 Å². The van der Waals surface area contributed by atoms with Gasteiger partial charge in [0.25, 0.3) is 0 Å². The first-order chi connectivity index (χ1) is 14.4. The van der Waals surface area contributed by atoms with Gasteiger partial charge in [0.15, 0.2) is 0 Å². The fourth-order valence-electron chi connectivity index (χ4n) is 3.48. The number of rotatable bonds is 8. The van der Waals surface area contributed by atoms with Crippen molar-refractivity contribution in [2.24, 2.45) is 5.92 Å². The minimum atomic E-state index is -1.17. The van der Waals surface area contributed by atoms with Crippen LogP contribution in [0.3, 0.4) is 0 Å². The number of carboxylic acids is 1. The normalized spacial score (nSPS) is 14.5. The molecule has 0 radical (unpaired) electrons. The Kier molecular flexibility index (Phi) is 7.94. The van der Waals surface area contributed by atoms with E-state index in [1.165, 1.54) is 18.9 Å². The molecular formula is C23H23BrClNO4. The van der Waals surface area contributed by atoms with Gasteiger partial charge in [0.05, 0.1) is 4.47 Å². The molecule has 0 saturated heterocycles. The lowest BCUT2D eigenvalue weighted by molar-refractivity contribution is -0.134. The van der Waals surface area contributed by atoms with Gasteiger partial charge in [0, 0.05) is 11.4 Å². The number of ether oxygens (including phenoxy) is 1. The van der Waals surface area contributed by atoms with Crippen LogP contribution in [-0.2, 0) is 9.59 Å². The molecule has 1 fully saturated rings. The summed E-state index contributed by atoms with van der Waals surface area (Å²) in [4.78, 5) is 23.7. The summed E-state index contributed by atoms with van der Waals surface area (Å²) in [5.41, 5.74) is 0.506. The van der Waals surface area contributed by atoms with E-state index in [9.17, 15) is 14.7 Å². The van der Waals surface area contributed by atoms with E-state index >= 15 is 0 Å². The lowest BCUT2D eigenvalue weighted by atomic mass is 10.0. The third-order valence-corrected chi connectivity index (χ3v) is 5.93. The van der Waals surface area contributed by atoms with Crippen molar-refractivity contribution < 1.29 is 19.4 Å². The SMILES string of the molecule is O=C(CCC1CCCC1)N/C(=C/c1ccc(Oc2ccc(Cl)cc2Br)cc1)C(=O)O. The second-order valence-electron chi connectivity index (χ2n) is 7.35. The Bertz CT molecular complexity index is 937. The van der Waals surface area contributed by atoms with Gasteiger partial charge in [-0.3, -0.25) is 4.79 Å². The number of amides is 1. The Labute approximate surface area is 189 Å². The van der Waals surface area contributed by atoms with Crippen LogP contribution in [-0.4, -0.2) is 17.0 Å². The summed E-state index contributed by atoms with van der Waals surface area (Å²) in [7, 11) is 0. The van der Waals surface area contributed by atoms with Crippen LogP contribution in [0.2, 0.25) is 5.02 Å². The predicted octanol–water partition coefficient (Wildman–Crippen LogP) is 6.41. The average molecular weight is 493 g/mol. The average Bonchev–Trinajstić information content (AvgIpc) is 3.23. The molecule has 30 heavy (non-hydrogen) atoms. The number of carbonyl (C=O) groups excluding carboxylic acids is 1. The zero-order valence-corrected chi connectivity index (χ0v) is 18.7. The Morgan fingerprint density at radius 2 is 1.87 bits per heavy atom. The van der Waals surface area contributed by atoms with Gasteiger partial charge in [0.2, 0.25) is 5.91 Å². The molecule has 1 saturated carbocycles.